The molecule has 0 bridgehead atoms. The molecule has 1 N–H and O–H groups in total. The summed E-state index contributed by atoms with van der Waals surface area (Å²) in [6.45, 7) is 5.62. The van der Waals surface area contributed by atoms with E-state index < -0.39 is 5.60 Å². The summed E-state index contributed by atoms with van der Waals surface area (Å²) in [5.74, 6) is 0. The highest BCUT2D eigenvalue weighted by Crippen LogP contribution is 2.15. The molecular formula is C7H15NO2. The average Bonchev–Trinajstić information content (AvgIpc) is 2.01. The van der Waals surface area contributed by atoms with Gasteiger partial charge in [-0.3, -0.25) is 0 Å². The zero-order valence-corrected chi connectivity index (χ0v) is 7.01. The number of oxime groups is 1. The van der Waals surface area contributed by atoms with Crippen LogP contribution in [0.1, 0.15) is 27.2 Å². The van der Waals surface area contributed by atoms with E-state index in [4.69, 9.17) is 9.94 Å². The van der Waals surface area contributed by atoms with Crippen LogP contribution >= 0.6 is 0 Å². The molecule has 0 aromatic heterocycles. The normalized spacial score (nSPS) is 18.6. The number of hydrogen-bond acceptors (Lipinski definition) is 3. The molecule has 0 saturated carbocycles. The van der Waals surface area contributed by atoms with E-state index in [-0.39, 0.29) is 0 Å². The second-order valence-electron chi connectivity index (χ2n) is 2.47. The van der Waals surface area contributed by atoms with Crippen molar-refractivity contribution in [1.29, 1.82) is 0 Å². The Balaban J connectivity index is 4.32. The zero-order chi connectivity index (χ0) is 8.20. The number of hydrogen-bond donors (Lipinski definition) is 1. The molecule has 0 aromatic carbocycles. The molecule has 0 fully saturated rings. The molecule has 0 aliphatic carbocycles. The molecule has 0 radical (unpaired) electrons. The van der Waals surface area contributed by atoms with Gasteiger partial charge in [-0.1, -0.05) is 12.1 Å². The monoisotopic (exact) mass is 145 g/mol. The lowest BCUT2D eigenvalue weighted by atomic mass is 9.98. The van der Waals surface area contributed by atoms with Crippen molar-refractivity contribution in [2.24, 2.45) is 5.16 Å². The molecular weight excluding hydrogens is 130 g/mol. The third-order valence-corrected chi connectivity index (χ3v) is 2.04. The van der Waals surface area contributed by atoms with Gasteiger partial charge in [-0.25, -0.2) is 0 Å². The Hall–Kier alpha value is -0.570. The van der Waals surface area contributed by atoms with E-state index in [1.54, 1.807) is 14.0 Å². The molecule has 0 spiro atoms. The fourth-order valence-electron chi connectivity index (χ4n) is 0.654. The number of nitrogens with zero attached hydrogens (tertiary/aromatic N) is 1. The molecule has 1 atom stereocenters. The quantitative estimate of drug-likeness (QED) is 0.372. The van der Waals surface area contributed by atoms with E-state index in [0.29, 0.717) is 5.71 Å². The van der Waals surface area contributed by atoms with Crippen molar-refractivity contribution in [2.75, 3.05) is 7.11 Å². The predicted molar refractivity (Wildman–Crippen MR) is 40.6 cm³/mol. The van der Waals surface area contributed by atoms with E-state index in [1.807, 2.05) is 13.8 Å². The van der Waals surface area contributed by atoms with Gasteiger partial charge in [-0.15, -0.1) is 0 Å². The van der Waals surface area contributed by atoms with Crippen LogP contribution in [-0.4, -0.2) is 23.6 Å². The molecule has 0 rings (SSSR count). The minimum absolute atomic E-state index is 0.408. The van der Waals surface area contributed by atoms with Crippen LogP contribution in [0.25, 0.3) is 0 Å². The van der Waals surface area contributed by atoms with Crippen LogP contribution in [0, 0.1) is 0 Å². The van der Waals surface area contributed by atoms with Crippen molar-refractivity contribution in [3.8, 4) is 0 Å². The van der Waals surface area contributed by atoms with Gasteiger partial charge < -0.3 is 9.94 Å². The highest BCUT2D eigenvalue weighted by Gasteiger charge is 2.25. The lowest BCUT2D eigenvalue weighted by Crippen LogP contribution is -2.34. The Morgan fingerprint density at radius 2 is 2.20 bits per heavy atom. The topological polar surface area (TPSA) is 41.8 Å². The Morgan fingerprint density at radius 3 is 2.30 bits per heavy atom. The first-order valence-electron chi connectivity index (χ1n) is 3.35. The standard InChI is InChI=1S/C7H15NO2/c1-5-7(3,10-4)6(2)8-9/h9H,5H2,1-4H3/b8-6-. The lowest BCUT2D eigenvalue weighted by molar-refractivity contribution is 0.0596. The predicted octanol–water partition coefficient (Wildman–Crippen LogP) is 1.65. The number of rotatable bonds is 3. The first kappa shape index (κ1) is 9.43. The highest BCUT2D eigenvalue weighted by molar-refractivity contribution is 5.89. The lowest BCUT2D eigenvalue weighted by Gasteiger charge is -2.24. The van der Waals surface area contributed by atoms with Crippen molar-refractivity contribution < 1.29 is 9.94 Å². The molecule has 3 heteroatoms. The fourth-order valence-corrected chi connectivity index (χ4v) is 0.654. The van der Waals surface area contributed by atoms with Crippen LogP contribution in [0.4, 0.5) is 0 Å². The summed E-state index contributed by atoms with van der Waals surface area (Å²) in [7, 11) is 1.61. The van der Waals surface area contributed by atoms with Gasteiger partial charge in [0.1, 0.15) is 5.60 Å². The van der Waals surface area contributed by atoms with E-state index >= 15 is 0 Å². The number of ether oxygens (including phenoxy) is 1. The van der Waals surface area contributed by atoms with Crippen molar-refractivity contribution in [1.82, 2.24) is 0 Å². The maximum absolute atomic E-state index is 8.44. The molecule has 3 nitrogen and oxygen atoms in total. The molecule has 10 heavy (non-hydrogen) atoms. The van der Waals surface area contributed by atoms with Crippen molar-refractivity contribution in [3.05, 3.63) is 0 Å². The zero-order valence-electron chi connectivity index (χ0n) is 7.01. The second-order valence-corrected chi connectivity index (χ2v) is 2.47. The summed E-state index contributed by atoms with van der Waals surface area (Å²) in [5.41, 5.74) is 0.201. The van der Waals surface area contributed by atoms with E-state index in [2.05, 4.69) is 5.16 Å². The molecule has 0 saturated heterocycles. The molecule has 60 valence electrons. The van der Waals surface area contributed by atoms with Crippen LogP contribution < -0.4 is 0 Å². The van der Waals surface area contributed by atoms with Crippen molar-refractivity contribution >= 4 is 5.71 Å². The summed E-state index contributed by atoms with van der Waals surface area (Å²) in [6.07, 6.45) is 0.805. The fraction of sp³-hybridized carbons (Fsp3) is 0.857. The summed E-state index contributed by atoms with van der Waals surface area (Å²) in [5, 5.41) is 11.5. The molecule has 0 aromatic rings. The smallest absolute Gasteiger partial charge is 0.106 e. The largest absolute Gasteiger partial charge is 0.411 e. The SMILES string of the molecule is CCC(C)(OC)/C(C)=N\O. The average molecular weight is 145 g/mol. The maximum Gasteiger partial charge on any atom is 0.106 e. The minimum atomic E-state index is -0.408. The Bertz CT molecular complexity index is 128. The first-order chi connectivity index (χ1) is 4.60. The van der Waals surface area contributed by atoms with Gasteiger partial charge in [0.25, 0.3) is 0 Å². The van der Waals surface area contributed by atoms with Gasteiger partial charge in [-0.05, 0) is 20.3 Å². The minimum Gasteiger partial charge on any atom is -0.411 e. The third-order valence-electron chi connectivity index (χ3n) is 2.04. The van der Waals surface area contributed by atoms with Gasteiger partial charge in [0, 0.05) is 7.11 Å². The summed E-state index contributed by atoms with van der Waals surface area (Å²) >= 11 is 0. The van der Waals surface area contributed by atoms with Crippen LogP contribution in [0.3, 0.4) is 0 Å². The van der Waals surface area contributed by atoms with Gasteiger partial charge >= 0.3 is 0 Å². The molecule has 0 heterocycles. The van der Waals surface area contributed by atoms with E-state index in [0.717, 1.165) is 6.42 Å². The Morgan fingerprint density at radius 1 is 1.70 bits per heavy atom. The highest BCUT2D eigenvalue weighted by atomic mass is 16.5. The van der Waals surface area contributed by atoms with Gasteiger partial charge in [0.2, 0.25) is 0 Å². The molecule has 0 amide bonds. The van der Waals surface area contributed by atoms with Crippen molar-refractivity contribution in [3.63, 3.8) is 0 Å². The maximum atomic E-state index is 8.44. The third kappa shape index (κ3) is 1.70. The van der Waals surface area contributed by atoms with Crippen LogP contribution in [0.15, 0.2) is 5.16 Å². The van der Waals surface area contributed by atoms with E-state index in [1.165, 1.54) is 0 Å². The van der Waals surface area contributed by atoms with Crippen LogP contribution in [0.2, 0.25) is 0 Å². The van der Waals surface area contributed by atoms with E-state index in [9.17, 15) is 0 Å². The summed E-state index contributed by atoms with van der Waals surface area (Å²) < 4.78 is 5.15. The van der Waals surface area contributed by atoms with Crippen LogP contribution in [0.5, 0.6) is 0 Å². The molecule has 1 unspecified atom stereocenters. The van der Waals surface area contributed by atoms with Gasteiger partial charge in [-0.2, -0.15) is 0 Å². The van der Waals surface area contributed by atoms with Gasteiger partial charge in [0.05, 0.1) is 5.71 Å². The molecule has 0 aliphatic rings. The second kappa shape index (κ2) is 3.56. The number of methoxy groups -OCH3 is 1. The Kier molecular flexibility index (Phi) is 3.36. The van der Waals surface area contributed by atoms with Crippen molar-refractivity contribution in [2.45, 2.75) is 32.8 Å². The summed E-state index contributed by atoms with van der Waals surface area (Å²) in [4.78, 5) is 0. The first-order valence-corrected chi connectivity index (χ1v) is 3.35. The molecule has 0 aliphatic heterocycles. The Labute approximate surface area is 61.7 Å². The summed E-state index contributed by atoms with van der Waals surface area (Å²) in [6, 6.07) is 0. The van der Waals surface area contributed by atoms with Crippen LogP contribution in [-0.2, 0) is 4.74 Å². The van der Waals surface area contributed by atoms with Gasteiger partial charge in [0.15, 0.2) is 0 Å².